The van der Waals surface area contributed by atoms with Gasteiger partial charge in [0.1, 0.15) is 0 Å². The molecule has 1 aromatic rings. The third kappa shape index (κ3) is 3.52. The minimum absolute atomic E-state index is 0.333. The van der Waals surface area contributed by atoms with Crippen LogP contribution in [-0.2, 0) is 9.59 Å². The molecule has 4 nitrogen and oxygen atoms in total. The highest BCUT2D eigenvalue weighted by molar-refractivity contribution is 6.35. The van der Waals surface area contributed by atoms with Crippen molar-refractivity contribution in [2.45, 2.75) is 12.8 Å². The number of benzene rings is 1. The molecule has 0 fully saturated rings. The second-order valence-corrected chi connectivity index (χ2v) is 5.51. The lowest BCUT2D eigenvalue weighted by atomic mass is 9.82. The Morgan fingerprint density at radius 2 is 1.60 bits per heavy atom. The normalized spacial score (nSPS) is 21.5. The molecule has 2 atom stereocenters. The average Bonchev–Trinajstić information content (AvgIpc) is 2.37. The number of carboxylic acid groups (broad SMARTS) is 1. The van der Waals surface area contributed by atoms with E-state index in [1.165, 1.54) is 0 Å². The largest absolute Gasteiger partial charge is 0.481 e. The number of carbonyl (C=O) groups excluding carboxylic acids is 1. The monoisotopic (exact) mass is 313 g/mol. The smallest absolute Gasteiger partial charge is 0.307 e. The number of anilines is 1. The van der Waals surface area contributed by atoms with Crippen molar-refractivity contribution in [1.82, 2.24) is 0 Å². The van der Waals surface area contributed by atoms with Crippen LogP contribution in [0.2, 0.25) is 10.0 Å². The van der Waals surface area contributed by atoms with Gasteiger partial charge in [0, 0.05) is 15.7 Å². The molecule has 0 aromatic heterocycles. The van der Waals surface area contributed by atoms with Crippen molar-refractivity contribution < 1.29 is 14.7 Å². The molecular weight excluding hydrogens is 301 g/mol. The zero-order valence-corrected chi connectivity index (χ0v) is 12.0. The number of rotatable bonds is 3. The first-order valence-electron chi connectivity index (χ1n) is 6.12. The Balaban J connectivity index is 2.14. The quantitative estimate of drug-likeness (QED) is 0.838. The predicted octanol–water partition coefficient (Wildman–Crippen LogP) is 3.60. The van der Waals surface area contributed by atoms with Crippen LogP contribution in [0.4, 0.5) is 5.69 Å². The Kier molecular flexibility index (Phi) is 4.68. The summed E-state index contributed by atoms with van der Waals surface area (Å²) in [4.78, 5) is 23.4. The van der Waals surface area contributed by atoms with E-state index in [0.29, 0.717) is 28.6 Å². The second-order valence-electron chi connectivity index (χ2n) is 4.64. The van der Waals surface area contributed by atoms with Crippen LogP contribution in [0.25, 0.3) is 0 Å². The number of hydrogen-bond donors (Lipinski definition) is 2. The van der Waals surface area contributed by atoms with E-state index in [0.717, 1.165) is 0 Å². The minimum Gasteiger partial charge on any atom is -0.481 e. The summed E-state index contributed by atoms with van der Waals surface area (Å²) in [6.45, 7) is 0. The molecule has 2 rings (SSSR count). The van der Waals surface area contributed by atoms with Crippen LogP contribution >= 0.6 is 23.2 Å². The summed E-state index contributed by atoms with van der Waals surface area (Å²) in [5.41, 5.74) is 0.464. The van der Waals surface area contributed by atoms with Crippen molar-refractivity contribution in [3.63, 3.8) is 0 Å². The second kappa shape index (κ2) is 6.29. The summed E-state index contributed by atoms with van der Waals surface area (Å²) in [6.07, 6.45) is 4.40. The molecule has 2 N–H and O–H groups in total. The molecule has 0 saturated carbocycles. The summed E-state index contributed by atoms with van der Waals surface area (Å²) in [5, 5.41) is 12.6. The molecule has 1 amide bonds. The predicted molar refractivity (Wildman–Crippen MR) is 78.1 cm³/mol. The molecule has 0 radical (unpaired) electrons. The van der Waals surface area contributed by atoms with E-state index < -0.39 is 17.8 Å². The van der Waals surface area contributed by atoms with Crippen molar-refractivity contribution in [3.05, 3.63) is 40.4 Å². The lowest BCUT2D eigenvalue weighted by Crippen LogP contribution is -2.34. The first kappa shape index (κ1) is 14.9. The van der Waals surface area contributed by atoms with E-state index in [4.69, 9.17) is 28.3 Å². The van der Waals surface area contributed by atoms with Gasteiger partial charge in [0.25, 0.3) is 0 Å². The molecule has 1 aromatic carbocycles. The molecular formula is C14H13Cl2NO3. The highest BCUT2D eigenvalue weighted by Crippen LogP contribution is 2.28. The van der Waals surface area contributed by atoms with E-state index >= 15 is 0 Å². The first-order chi connectivity index (χ1) is 9.47. The summed E-state index contributed by atoms with van der Waals surface area (Å²) < 4.78 is 0. The highest BCUT2D eigenvalue weighted by atomic mass is 35.5. The Bertz CT molecular complexity index is 551. The maximum absolute atomic E-state index is 12.2. The van der Waals surface area contributed by atoms with Crippen LogP contribution in [0, 0.1) is 11.8 Å². The van der Waals surface area contributed by atoms with Gasteiger partial charge in [-0.25, -0.2) is 0 Å². The van der Waals surface area contributed by atoms with Crippen molar-refractivity contribution >= 4 is 40.8 Å². The van der Waals surface area contributed by atoms with Crippen molar-refractivity contribution in [1.29, 1.82) is 0 Å². The van der Waals surface area contributed by atoms with Gasteiger partial charge in [-0.15, -0.1) is 0 Å². The lowest BCUT2D eigenvalue weighted by molar-refractivity contribution is -0.146. The number of nitrogens with one attached hydrogen (secondary N) is 1. The summed E-state index contributed by atoms with van der Waals surface area (Å²) >= 11 is 11.7. The molecule has 20 heavy (non-hydrogen) atoms. The molecule has 1 aliphatic carbocycles. The van der Waals surface area contributed by atoms with Gasteiger partial charge in [-0.2, -0.15) is 0 Å². The zero-order valence-electron chi connectivity index (χ0n) is 10.5. The van der Waals surface area contributed by atoms with Crippen LogP contribution in [-0.4, -0.2) is 17.0 Å². The summed E-state index contributed by atoms with van der Waals surface area (Å²) in [5.74, 6) is -2.58. The van der Waals surface area contributed by atoms with Gasteiger partial charge in [0.15, 0.2) is 0 Å². The van der Waals surface area contributed by atoms with Crippen molar-refractivity contribution in [3.8, 4) is 0 Å². The van der Waals surface area contributed by atoms with Crippen LogP contribution in [0.3, 0.4) is 0 Å². The molecule has 0 aliphatic heterocycles. The van der Waals surface area contributed by atoms with Gasteiger partial charge in [-0.3, -0.25) is 9.59 Å². The van der Waals surface area contributed by atoms with E-state index in [-0.39, 0.29) is 5.91 Å². The SMILES string of the molecule is O=C(Nc1cc(Cl)cc(Cl)c1)[C@H]1CC=CC[C@H]1C(=O)O. The lowest BCUT2D eigenvalue weighted by Gasteiger charge is -2.24. The first-order valence-corrected chi connectivity index (χ1v) is 6.87. The van der Waals surface area contributed by atoms with E-state index in [1.807, 2.05) is 6.08 Å². The topological polar surface area (TPSA) is 66.4 Å². The van der Waals surface area contributed by atoms with Gasteiger partial charge >= 0.3 is 5.97 Å². The number of hydrogen-bond acceptors (Lipinski definition) is 2. The number of allylic oxidation sites excluding steroid dienone is 2. The van der Waals surface area contributed by atoms with Crippen LogP contribution in [0.15, 0.2) is 30.4 Å². The maximum atomic E-state index is 12.2. The molecule has 6 heteroatoms. The maximum Gasteiger partial charge on any atom is 0.307 e. The zero-order chi connectivity index (χ0) is 14.7. The van der Waals surface area contributed by atoms with Gasteiger partial charge in [-0.1, -0.05) is 35.4 Å². The number of halogens is 2. The number of carboxylic acids is 1. The third-order valence-electron chi connectivity index (χ3n) is 3.22. The Hall–Kier alpha value is -1.52. The third-order valence-corrected chi connectivity index (χ3v) is 3.65. The fourth-order valence-corrected chi connectivity index (χ4v) is 2.76. The Morgan fingerprint density at radius 3 is 2.15 bits per heavy atom. The number of carbonyl (C=O) groups is 2. The van der Waals surface area contributed by atoms with Gasteiger partial charge < -0.3 is 10.4 Å². The molecule has 0 heterocycles. The van der Waals surface area contributed by atoms with Crippen LogP contribution in [0.1, 0.15) is 12.8 Å². The number of amides is 1. The van der Waals surface area contributed by atoms with Gasteiger partial charge in [0.2, 0.25) is 5.91 Å². The van der Waals surface area contributed by atoms with Crippen LogP contribution in [0.5, 0.6) is 0 Å². The van der Waals surface area contributed by atoms with E-state index in [1.54, 1.807) is 24.3 Å². The highest BCUT2D eigenvalue weighted by Gasteiger charge is 2.33. The molecule has 0 bridgehead atoms. The summed E-state index contributed by atoms with van der Waals surface area (Å²) in [6, 6.07) is 4.70. The molecule has 0 unspecified atom stereocenters. The molecule has 0 spiro atoms. The molecule has 106 valence electrons. The Labute approximate surface area is 126 Å². The van der Waals surface area contributed by atoms with Gasteiger partial charge in [-0.05, 0) is 31.0 Å². The van der Waals surface area contributed by atoms with E-state index in [9.17, 15) is 9.59 Å². The van der Waals surface area contributed by atoms with Crippen molar-refractivity contribution in [2.75, 3.05) is 5.32 Å². The fraction of sp³-hybridized carbons (Fsp3) is 0.286. The minimum atomic E-state index is -0.960. The van der Waals surface area contributed by atoms with Crippen molar-refractivity contribution in [2.24, 2.45) is 11.8 Å². The summed E-state index contributed by atoms with van der Waals surface area (Å²) in [7, 11) is 0. The fourth-order valence-electron chi connectivity index (χ4n) is 2.24. The standard InChI is InChI=1S/C14H13Cl2NO3/c15-8-5-9(16)7-10(6-8)17-13(18)11-3-1-2-4-12(11)14(19)20/h1-2,5-7,11-12H,3-4H2,(H,17,18)(H,19,20)/t11-,12+/m0/s1. The van der Waals surface area contributed by atoms with E-state index in [2.05, 4.69) is 5.32 Å². The molecule has 1 aliphatic rings. The molecule has 0 saturated heterocycles. The van der Waals surface area contributed by atoms with Gasteiger partial charge in [0.05, 0.1) is 11.8 Å². The van der Waals surface area contributed by atoms with Crippen LogP contribution < -0.4 is 5.32 Å². The Morgan fingerprint density at radius 1 is 1.05 bits per heavy atom. The number of aliphatic carboxylic acids is 1. The average molecular weight is 314 g/mol.